The van der Waals surface area contributed by atoms with Crippen LogP contribution in [-0.2, 0) is 16.4 Å². The van der Waals surface area contributed by atoms with Gasteiger partial charge in [-0.25, -0.2) is 18.1 Å². The molecule has 6 nitrogen and oxygen atoms in total. The second-order valence-corrected chi connectivity index (χ2v) is 9.00. The standard InChI is InChI=1S/C18H23N3O3S2/c1-14(22)15-6-5-7-17(12-15)26(23,24)19-9-8-16-13-25-18(20-16)21-10-3-2-4-11-21/h5-7,12-13,19H,2-4,8-11H2,1H3. The van der Waals surface area contributed by atoms with Crippen molar-refractivity contribution in [2.75, 3.05) is 24.5 Å². The Morgan fingerprint density at radius 2 is 2.04 bits per heavy atom. The monoisotopic (exact) mass is 393 g/mol. The van der Waals surface area contributed by atoms with Gasteiger partial charge in [-0.05, 0) is 38.3 Å². The van der Waals surface area contributed by atoms with Crippen molar-refractivity contribution >= 4 is 32.3 Å². The first-order chi connectivity index (χ1) is 12.5. The van der Waals surface area contributed by atoms with E-state index in [-0.39, 0.29) is 17.2 Å². The number of hydrogen-bond acceptors (Lipinski definition) is 6. The smallest absolute Gasteiger partial charge is 0.240 e. The van der Waals surface area contributed by atoms with Gasteiger partial charge in [0, 0.05) is 37.0 Å². The van der Waals surface area contributed by atoms with Gasteiger partial charge in [-0.2, -0.15) is 0 Å². The van der Waals surface area contributed by atoms with E-state index in [0.717, 1.165) is 23.9 Å². The molecule has 8 heteroatoms. The Hall–Kier alpha value is -1.77. The van der Waals surface area contributed by atoms with Crippen LogP contribution in [0.15, 0.2) is 34.5 Å². The van der Waals surface area contributed by atoms with Crippen molar-refractivity contribution in [3.8, 4) is 0 Å². The van der Waals surface area contributed by atoms with Crippen LogP contribution < -0.4 is 9.62 Å². The molecular weight excluding hydrogens is 370 g/mol. The van der Waals surface area contributed by atoms with E-state index < -0.39 is 10.0 Å². The number of nitrogens with one attached hydrogen (secondary N) is 1. The highest BCUT2D eigenvalue weighted by Crippen LogP contribution is 2.24. The van der Waals surface area contributed by atoms with Crippen LogP contribution in [0.3, 0.4) is 0 Å². The van der Waals surface area contributed by atoms with Crippen molar-refractivity contribution in [1.82, 2.24) is 9.71 Å². The summed E-state index contributed by atoms with van der Waals surface area (Å²) in [4.78, 5) is 18.5. The van der Waals surface area contributed by atoms with E-state index >= 15 is 0 Å². The van der Waals surface area contributed by atoms with E-state index in [4.69, 9.17) is 0 Å². The van der Waals surface area contributed by atoms with Gasteiger partial charge in [0.15, 0.2) is 10.9 Å². The van der Waals surface area contributed by atoms with Gasteiger partial charge in [-0.15, -0.1) is 11.3 Å². The maximum absolute atomic E-state index is 12.4. The molecule has 1 fully saturated rings. The third-order valence-electron chi connectivity index (χ3n) is 4.39. The number of carbonyl (C=O) groups is 1. The Bertz CT molecular complexity index is 871. The third-order valence-corrected chi connectivity index (χ3v) is 6.80. The molecule has 1 aliphatic heterocycles. The lowest BCUT2D eigenvalue weighted by Crippen LogP contribution is -2.29. The lowest BCUT2D eigenvalue weighted by atomic mass is 10.1. The molecule has 1 N–H and O–H groups in total. The molecule has 0 aliphatic carbocycles. The number of anilines is 1. The number of nitrogens with zero attached hydrogens (tertiary/aromatic N) is 2. The van der Waals surface area contributed by atoms with Crippen LogP contribution in [-0.4, -0.2) is 38.8 Å². The highest BCUT2D eigenvalue weighted by molar-refractivity contribution is 7.89. The van der Waals surface area contributed by atoms with Crippen molar-refractivity contribution in [1.29, 1.82) is 0 Å². The summed E-state index contributed by atoms with van der Waals surface area (Å²) in [6.07, 6.45) is 4.22. The van der Waals surface area contributed by atoms with Crippen molar-refractivity contribution in [2.24, 2.45) is 0 Å². The lowest BCUT2D eigenvalue weighted by molar-refractivity contribution is 0.101. The SMILES string of the molecule is CC(=O)c1cccc(S(=O)(=O)NCCc2csc(N3CCCCC3)n2)c1. The third kappa shape index (κ3) is 4.69. The molecule has 0 bridgehead atoms. The molecule has 26 heavy (non-hydrogen) atoms. The molecule has 0 amide bonds. The molecule has 140 valence electrons. The summed E-state index contributed by atoms with van der Waals surface area (Å²) in [6, 6.07) is 6.09. The number of ketones is 1. The number of benzene rings is 1. The number of aromatic nitrogens is 1. The molecule has 2 aromatic rings. The van der Waals surface area contributed by atoms with Crippen LogP contribution in [0.2, 0.25) is 0 Å². The highest BCUT2D eigenvalue weighted by atomic mass is 32.2. The van der Waals surface area contributed by atoms with Gasteiger partial charge < -0.3 is 4.90 Å². The number of sulfonamides is 1. The average Bonchev–Trinajstić information content (AvgIpc) is 3.11. The molecule has 1 saturated heterocycles. The van der Waals surface area contributed by atoms with Gasteiger partial charge in [0.25, 0.3) is 0 Å². The van der Waals surface area contributed by atoms with Crippen LogP contribution in [0.5, 0.6) is 0 Å². The van der Waals surface area contributed by atoms with Gasteiger partial charge in [0.05, 0.1) is 10.6 Å². The number of carbonyl (C=O) groups excluding carboxylic acids is 1. The second-order valence-electron chi connectivity index (χ2n) is 6.40. The summed E-state index contributed by atoms with van der Waals surface area (Å²) in [7, 11) is -3.64. The van der Waals surface area contributed by atoms with Gasteiger partial charge in [0.2, 0.25) is 10.0 Å². The van der Waals surface area contributed by atoms with Crippen LogP contribution in [0, 0.1) is 0 Å². The zero-order valence-corrected chi connectivity index (χ0v) is 16.4. The Balaban J connectivity index is 1.58. The molecule has 0 spiro atoms. The predicted molar refractivity (Wildman–Crippen MR) is 104 cm³/mol. The second kappa shape index (κ2) is 8.28. The average molecular weight is 394 g/mol. The predicted octanol–water partition coefficient (Wildman–Crippen LogP) is 2.86. The minimum absolute atomic E-state index is 0.109. The number of piperidine rings is 1. The normalized spacial score (nSPS) is 15.2. The lowest BCUT2D eigenvalue weighted by Gasteiger charge is -2.25. The van der Waals surface area contributed by atoms with Crippen molar-refractivity contribution in [3.05, 3.63) is 40.9 Å². The van der Waals surface area contributed by atoms with Crippen LogP contribution in [0.4, 0.5) is 5.13 Å². The van der Waals surface area contributed by atoms with E-state index in [2.05, 4.69) is 14.6 Å². The molecule has 1 aliphatic rings. The van der Waals surface area contributed by atoms with E-state index in [1.165, 1.54) is 38.3 Å². The Morgan fingerprint density at radius 1 is 1.27 bits per heavy atom. The van der Waals surface area contributed by atoms with Crippen molar-refractivity contribution in [2.45, 2.75) is 37.5 Å². The molecule has 1 aromatic heterocycles. The molecule has 1 aromatic carbocycles. The topological polar surface area (TPSA) is 79.4 Å². The largest absolute Gasteiger partial charge is 0.348 e. The molecular formula is C18H23N3O3S2. The molecule has 3 rings (SSSR count). The minimum atomic E-state index is -3.64. The van der Waals surface area contributed by atoms with E-state index in [1.807, 2.05) is 5.38 Å². The fourth-order valence-corrected chi connectivity index (χ4v) is 4.91. The van der Waals surface area contributed by atoms with Gasteiger partial charge in [-0.3, -0.25) is 4.79 Å². The molecule has 0 radical (unpaired) electrons. The molecule has 2 heterocycles. The number of rotatable bonds is 7. The first kappa shape index (κ1) is 19.0. The Kier molecular flexibility index (Phi) is 6.05. The fourth-order valence-electron chi connectivity index (χ4n) is 2.92. The maximum Gasteiger partial charge on any atom is 0.240 e. The van der Waals surface area contributed by atoms with E-state index in [9.17, 15) is 13.2 Å². The zero-order valence-electron chi connectivity index (χ0n) is 14.8. The van der Waals surface area contributed by atoms with Crippen molar-refractivity contribution in [3.63, 3.8) is 0 Å². The quantitative estimate of drug-likeness (QED) is 0.732. The number of thiazole rings is 1. The zero-order chi connectivity index (χ0) is 18.6. The first-order valence-electron chi connectivity index (χ1n) is 8.76. The fraction of sp³-hybridized carbons (Fsp3) is 0.444. The van der Waals surface area contributed by atoms with Crippen LogP contribution in [0.25, 0.3) is 0 Å². The van der Waals surface area contributed by atoms with Crippen LogP contribution in [0.1, 0.15) is 42.2 Å². The highest BCUT2D eigenvalue weighted by Gasteiger charge is 2.17. The van der Waals surface area contributed by atoms with Gasteiger partial charge >= 0.3 is 0 Å². The number of Topliss-reactive ketones (excluding diaryl/α,β-unsaturated/α-hetero) is 1. The Labute approximate surface area is 158 Å². The van der Waals surface area contributed by atoms with E-state index in [1.54, 1.807) is 23.5 Å². The van der Waals surface area contributed by atoms with Gasteiger partial charge in [-0.1, -0.05) is 12.1 Å². The summed E-state index contributed by atoms with van der Waals surface area (Å²) >= 11 is 1.62. The molecule has 0 unspecified atom stereocenters. The van der Waals surface area contributed by atoms with Gasteiger partial charge in [0.1, 0.15) is 0 Å². The first-order valence-corrected chi connectivity index (χ1v) is 11.1. The minimum Gasteiger partial charge on any atom is -0.348 e. The maximum atomic E-state index is 12.4. The summed E-state index contributed by atoms with van der Waals surface area (Å²) in [5.74, 6) is -0.158. The number of hydrogen-bond donors (Lipinski definition) is 1. The summed E-state index contributed by atoms with van der Waals surface area (Å²) in [5, 5.41) is 3.02. The van der Waals surface area contributed by atoms with Crippen molar-refractivity contribution < 1.29 is 13.2 Å². The summed E-state index contributed by atoms with van der Waals surface area (Å²) in [5.41, 5.74) is 1.29. The van der Waals surface area contributed by atoms with Crippen LogP contribution >= 0.6 is 11.3 Å². The summed E-state index contributed by atoms with van der Waals surface area (Å²) in [6.45, 7) is 3.79. The Morgan fingerprint density at radius 3 is 2.77 bits per heavy atom. The van der Waals surface area contributed by atoms with E-state index in [0.29, 0.717) is 12.0 Å². The molecule has 0 atom stereocenters. The molecule has 0 saturated carbocycles. The summed E-state index contributed by atoms with van der Waals surface area (Å²) < 4.78 is 27.4.